The zero-order valence-electron chi connectivity index (χ0n) is 17.5. The van der Waals surface area contributed by atoms with Gasteiger partial charge < -0.3 is 15.0 Å². The maximum atomic E-state index is 12.8. The van der Waals surface area contributed by atoms with Crippen LogP contribution in [0.5, 0.6) is 5.75 Å². The second-order valence-corrected chi connectivity index (χ2v) is 7.14. The van der Waals surface area contributed by atoms with Crippen molar-refractivity contribution in [2.45, 2.75) is 32.9 Å². The van der Waals surface area contributed by atoms with Crippen molar-refractivity contribution in [3.05, 3.63) is 71.8 Å². The summed E-state index contributed by atoms with van der Waals surface area (Å²) in [5.41, 5.74) is 4.04. The van der Waals surface area contributed by atoms with Crippen LogP contribution >= 0.6 is 0 Å². The Labute approximate surface area is 171 Å². The molecule has 1 N–H and O–H groups in total. The van der Waals surface area contributed by atoms with Crippen LogP contribution in [-0.2, 0) is 0 Å². The summed E-state index contributed by atoms with van der Waals surface area (Å²) in [6, 6.07) is 13.5. The van der Waals surface area contributed by atoms with Crippen LogP contribution in [0, 0.1) is 6.92 Å². The number of amides is 2. The first kappa shape index (κ1) is 20.4. The molecule has 0 aliphatic carbocycles. The molecule has 0 fully saturated rings. The van der Waals surface area contributed by atoms with Gasteiger partial charge in [0.15, 0.2) is 0 Å². The number of nitrogens with one attached hydrogen (secondary N) is 1. The van der Waals surface area contributed by atoms with Crippen LogP contribution in [0.1, 0.15) is 42.6 Å². The minimum atomic E-state index is -0.179. The Morgan fingerprint density at radius 1 is 1.17 bits per heavy atom. The number of carbonyl (C=O) groups is 1. The van der Waals surface area contributed by atoms with Crippen LogP contribution in [0.15, 0.2) is 55.1 Å². The van der Waals surface area contributed by atoms with Gasteiger partial charge in [0.1, 0.15) is 18.4 Å². The van der Waals surface area contributed by atoms with Gasteiger partial charge in [-0.25, -0.2) is 14.5 Å². The van der Waals surface area contributed by atoms with Crippen molar-refractivity contribution in [3.8, 4) is 11.4 Å². The number of rotatable bonds is 6. The Morgan fingerprint density at radius 3 is 2.52 bits per heavy atom. The van der Waals surface area contributed by atoms with E-state index in [0.717, 1.165) is 28.1 Å². The molecule has 3 rings (SSSR count). The SMILES string of the molecule is COc1ccc(C)cc1C(C)NC(=O)N(C)C(C)c1ccc(-n2cncn2)cc1. The Hall–Kier alpha value is -3.35. The lowest BCUT2D eigenvalue weighted by molar-refractivity contribution is 0.191. The van der Waals surface area contributed by atoms with Crippen molar-refractivity contribution in [3.63, 3.8) is 0 Å². The number of methoxy groups -OCH3 is 1. The number of urea groups is 1. The average Bonchev–Trinajstić information content (AvgIpc) is 3.27. The van der Waals surface area contributed by atoms with Crippen LogP contribution in [0.3, 0.4) is 0 Å². The van der Waals surface area contributed by atoms with Crippen LogP contribution in [0.2, 0.25) is 0 Å². The van der Waals surface area contributed by atoms with Gasteiger partial charge in [-0.3, -0.25) is 0 Å². The molecule has 2 amide bonds. The summed E-state index contributed by atoms with van der Waals surface area (Å²) in [6.45, 7) is 5.98. The second kappa shape index (κ2) is 8.77. The first-order valence-corrected chi connectivity index (χ1v) is 9.53. The summed E-state index contributed by atoms with van der Waals surface area (Å²) in [4.78, 5) is 18.5. The average molecular weight is 393 g/mol. The molecule has 0 bridgehead atoms. The largest absolute Gasteiger partial charge is 0.496 e. The molecule has 0 aliphatic heterocycles. The van der Waals surface area contributed by atoms with Gasteiger partial charge in [-0.2, -0.15) is 5.10 Å². The predicted molar refractivity (Wildman–Crippen MR) is 112 cm³/mol. The van der Waals surface area contributed by atoms with Crippen molar-refractivity contribution in [2.24, 2.45) is 0 Å². The lowest BCUT2D eigenvalue weighted by Gasteiger charge is -2.28. The van der Waals surface area contributed by atoms with Crippen LogP contribution in [-0.4, -0.2) is 39.9 Å². The summed E-state index contributed by atoms with van der Waals surface area (Å²) in [7, 11) is 3.44. The standard InChI is InChI=1S/C22H27N5O2/c1-15-6-11-21(29-5)20(12-15)16(2)25-22(28)26(4)17(3)18-7-9-19(10-8-18)27-14-23-13-24-27/h6-14,16-17H,1-5H3,(H,25,28). The topological polar surface area (TPSA) is 72.3 Å². The van der Waals surface area contributed by atoms with Crippen LogP contribution in [0.25, 0.3) is 5.69 Å². The zero-order valence-corrected chi connectivity index (χ0v) is 17.5. The molecule has 2 atom stereocenters. The van der Waals surface area contributed by atoms with E-state index in [4.69, 9.17) is 4.74 Å². The molecule has 0 aliphatic rings. The van der Waals surface area contributed by atoms with E-state index in [1.54, 1.807) is 30.1 Å². The fourth-order valence-electron chi connectivity index (χ4n) is 3.20. The van der Waals surface area contributed by atoms with E-state index in [9.17, 15) is 4.79 Å². The first-order chi connectivity index (χ1) is 13.9. The van der Waals surface area contributed by atoms with Crippen LogP contribution in [0.4, 0.5) is 4.79 Å². The number of benzene rings is 2. The maximum absolute atomic E-state index is 12.8. The summed E-state index contributed by atoms with van der Waals surface area (Å²) in [6.07, 6.45) is 3.15. The molecule has 7 nitrogen and oxygen atoms in total. The van der Waals surface area contributed by atoms with Crippen LogP contribution < -0.4 is 10.1 Å². The minimum absolute atomic E-state index is 0.0913. The van der Waals surface area contributed by atoms with Crippen molar-refractivity contribution in [1.82, 2.24) is 25.0 Å². The van der Waals surface area contributed by atoms with Gasteiger partial charge in [-0.05, 0) is 44.5 Å². The number of aromatic nitrogens is 3. The molecule has 2 aromatic carbocycles. The van der Waals surface area contributed by atoms with E-state index in [0.29, 0.717) is 0 Å². The smallest absolute Gasteiger partial charge is 0.318 e. The van der Waals surface area contributed by atoms with E-state index in [1.165, 1.54) is 6.33 Å². The number of hydrogen-bond acceptors (Lipinski definition) is 4. The second-order valence-electron chi connectivity index (χ2n) is 7.14. The highest BCUT2D eigenvalue weighted by atomic mass is 16.5. The number of hydrogen-bond donors (Lipinski definition) is 1. The van der Waals surface area contributed by atoms with Gasteiger partial charge in [-0.1, -0.05) is 29.8 Å². The Morgan fingerprint density at radius 2 is 1.90 bits per heavy atom. The lowest BCUT2D eigenvalue weighted by Crippen LogP contribution is -2.40. The van der Waals surface area contributed by atoms with Crippen molar-refractivity contribution >= 4 is 6.03 Å². The van der Waals surface area contributed by atoms with Gasteiger partial charge in [-0.15, -0.1) is 0 Å². The quantitative estimate of drug-likeness (QED) is 0.686. The monoisotopic (exact) mass is 393 g/mol. The van der Waals surface area contributed by atoms with Crippen molar-refractivity contribution in [1.29, 1.82) is 0 Å². The van der Waals surface area contributed by atoms with Gasteiger partial charge in [0.25, 0.3) is 0 Å². The summed E-state index contributed by atoms with van der Waals surface area (Å²) < 4.78 is 7.14. The fourth-order valence-corrected chi connectivity index (χ4v) is 3.20. The highest BCUT2D eigenvalue weighted by Crippen LogP contribution is 2.27. The van der Waals surface area contributed by atoms with E-state index < -0.39 is 0 Å². The van der Waals surface area contributed by atoms with Gasteiger partial charge in [0.2, 0.25) is 0 Å². The third kappa shape index (κ3) is 4.56. The predicted octanol–water partition coefficient (Wildman–Crippen LogP) is 4.05. The third-order valence-electron chi connectivity index (χ3n) is 5.15. The van der Waals surface area contributed by atoms with E-state index in [-0.39, 0.29) is 18.1 Å². The molecule has 0 spiro atoms. The molecule has 0 saturated heterocycles. The normalized spacial score (nSPS) is 12.9. The van der Waals surface area contributed by atoms with Gasteiger partial charge in [0, 0.05) is 12.6 Å². The minimum Gasteiger partial charge on any atom is -0.496 e. The van der Waals surface area contributed by atoms with E-state index >= 15 is 0 Å². The molecule has 152 valence electrons. The maximum Gasteiger partial charge on any atom is 0.318 e. The summed E-state index contributed by atoms with van der Waals surface area (Å²) >= 11 is 0. The van der Waals surface area contributed by atoms with Crippen molar-refractivity contribution < 1.29 is 9.53 Å². The fraction of sp³-hybridized carbons (Fsp3) is 0.318. The Bertz CT molecular complexity index is 954. The number of aryl methyl sites for hydroxylation is 1. The Balaban J connectivity index is 1.68. The van der Waals surface area contributed by atoms with Gasteiger partial charge in [0.05, 0.1) is 24.9 Å². The lowest BCUT2D eigenvalue weighted by atomic mass is 10.0. The number of carbonyl (C=O) groups excluding carboxylic acids is 1. The van der Waals surface area contributed by atoms with Crippen molar-refractivity contribution in [2.75, 3.05) is 14.2 Å². The molecule has 7 heteroatoms. The molecule has 29 heavy (non-hydrogen) atoms. The van der Waals surface area contributed by atoms with E-state index in [1.807, 2.05) is 63.2 Å². The summed E-state index contributed by atoms with van der Waals surface area (Å²) in [5.74, 6) is 0.766. The highest BCUT2D eigenvalue weighted by Gasteiger charge is 2.21. The molecular formula is C22H27N5O2. The molecule has 0 radical (unpaired) electrons. The highest BCUT2D eigenvalue weighted by molar-refractivity contribution is 5.75. The number of nitrogens with zero attached hydrogens (tertiary/aromatic N) is 4. The van der Waals surface area contributed by atoms with E-state index in [2.05, 4.69) is 15.4 Å². The third-order valence-corrected chi connectivity index (χ3v) is 5.15. The molecule has 3 aromatic rings. The molecule has 2 unspecified atom stereocenters. The first-order valence-electron chi connectivity index (χ1n) is 9.53. The molecule has 0 saturated carbocycles. The Kier molecular flexibility index (Phi) is 6.16. The molecular weight excluding hydrogens is 366 g/mol. The zero-order chi connectivity index (χ0) is 21.0. The number of ether oxygens (including phenoxy) is 1. The molecule has 1 heterocycles. The summed E-state index contributed by atoms with van der Waals surface area (Å²) in [5, 5.41) is 7.19. The molecule has 1 aromatic heterocycles. The van der Waals surface area contributed by atoms with Gasteiger partial charge >= 0.3 is 6.03 Å².